The summed E-state index contributed by atoms with van der Waals surface area (Å²) in [6.45, 7) is 1.18. The zero-order valence-corrected chi connectivity index (χ0v) is 17.4. The summed E-state index contributed by atoms with van der Waals surface area (Å²) >= 11 is 0. The molecule has 31 heavy (non-hydrogen) atoms. The molecule has 0 bridgehead atoms. The molecule has 0 saturated carbocycles. The fourth-order valence-corrected chi connectivity index (χ4v) is 5.27. The second-order valence-corrected chi connectivity index (χ2v) is 9.32. The molecule has 1 amide bonds. The maximum Gasteiger partial charge on any atom is 0.265 e. The molecule has 1 fully saturated rings. The predicted octanol–water partition coefficient (Wildman–Crippen LogP) is 2.45. The molecule has 160 valence electrons. The Labute approximate surface area is 179 Å². The fourth-order valence-electron chi connectivity index (χ4n) is 3.75. The molecule has 2 aromatic carbocycles. The number of ether oxygens (including phenoxy) is 1. The van der Waals surface area contributed by atoms with E-state index in [0.717, 1.165) is 12.8 Å². The van der Waals surface area contributed by atoms with Crippen LogP contribution in [0.1, 0.15) is 18.7 Å². The number of benzene rings is 2. The highest BCUT2D eigenvalue weighted by Gasteiger charge is 2.28. The summed E-state index contributed by atoms with van der Waals surface area (Å²) in [7, 11) is -3.47. The van der Waals surface area contributed by atoms with Crippen molar-refractivity contribution in [3.05, 3.63) is 54.4 Å². The first-order valence-corrected chi connectivity index (χ1v) is 11.4. The van der Waals surface area contributed by atoms with Crippen molar-refractivity contribution in [2.24, 2.45) is 0 Å². The Bertz CT molecular complexity index is 1220. The fraction of sp³-hybridized carbons (Fsp3) is 0.286. The number of nitrogens with zero attached hydrogens (tertiary/aromatic N) is 4. The van der Waals surface area contributed by atoms with Gasteiger partial charge in [0, 0.05) is 18.7 Å². The van der Waals surface area contributed by atoms with Crippen LogP contribution in [-0.2, 0) is 21.4 Å². The molecular weight excluding hydrogens is 420 g/mol. The van der Waals surface area contributed by atoms with Gasteiger partial charge in [0.1, 0.15) is 12.3 Å². The van der Waals surface area contributed by atoms with E-state index in [1.807, 2.05) is 12.1 Å². The zero-order chi connectivity index (χ0) is 21.4. The zero-order valence-electron chi connectivity index (χ0n) is 16.6. The number of carbonyl (C=O) groups is 1. The van der Waals surface area contributed by atoms with Gasteiger partial charge in [-0.3, -0.25) is 9.69 Å². The van der Waals surface area contributed by atoms with E-state index in [4.69, 9.17) is 9.26 Å². The lowest BCUT2D eigenvalue weighted by molar-refractivity contribution is -0.121. The SMILES string of the molecule is O=C1COc2ccccc2N1Cc1nc(-c2ccc(S(=O)(=O)N3CCCC3)cc2)no1. The van der Waals surface area contributed by atoms with Gasteiger partial charge in [0.15, 0.2) is 6.61 Å². The third-order valence-corrected chi connectivity index (χ3v) is 7.30. The lowest BCUT2D eigenvalue weighted by Crippen LogP contribution is -2.38. The van der Waals surface area contributed by atoms with Gasteiger partial charge in [0.2, 0.25) is 21.7 Å². The van der Waals surface area contributed by atoms with Crippen molar-refractivity contribution in [1.82, 2.24) is 14.4 Å². The Kier molecular flexibility index (Phi) is 4.95. The van der Waals surface area contributed by atoms with E-state index in [2.05, 4.69) is 10.1 Å². The first-order chi connectivity index (χ1) is 15.0. The molecule has 0 radical (unpaired) electrons. The van der Waals surface area contributed by atoms with Gasteiger partial charge >= 0.3 is 0 Å². The molecule has 1 aromatic heterocycles. The number of hydrogen-bond donors (Lipinski definition) is 0. The van der Waals surface area contributed by atoms with Gasteiger partial charge in [0.05, 0.1) is 10.6 Å². The topological polar surface area (TPSA) is 106 Å². The number of rotatable bonds is 5. The van der Waals surface area contributed by atoms with Crippen molar-refractivity contribution < 1.29 is 22.5 Å². The first kappa shape index (κ1) is 19.7. The van der Waals surface area contributed by atoms with Gasteiger partial charge in [0.25, 0.3) is 5.91 Å². The molecule has 9 nitrogen and oxygen atoms in total. The maximum atomic E-state index is 12.7. The number of carbonyl (C=O) groups excluding carboxylic acids is 1. The van der Waals surface area contributed by atoms with Crippen LogP contribution in [0.3, 0.4) is 0 Å². The minimum absolute atomic E-state index is 0.0506. The number of anilines is 1. The van der Waals surface area contributed by atoms with E-state index >= 15 is 0 Å². The molecular formula is C21H20N4O5S. The second kappa shape index (κ2) is 7.78. The second-order valence-electron chi connectivity index (χ2n) is 7.38. The summed E-state index contributed by atoms with van der Waals surface area (Å²) < 4.78 is 37.6. The molecule has 2 aliphatic rings. The summed E-state index contributed by atoms with van der Waals surface area (Å²) in [6, 6.07) is 13.7. The summed E-state index contributed by atoms with van der Waals surface area (Å²) in [5.74, 6) is 1.02. The number of amides is 1. The van der Waals surface area contributed by atoms with E-state index in [0.29, 0.717) is 35.9 Å². The summed E-state index contributed by atoms with van der Waals surface area (Å²) in [6.07, 6.45) is 1.78. The molecule has 5 rings (SSSR count). The Hall–Kier alpha value is -3.24. The van der Waals surface area contributed by atoms with Gasteiger partial charge in [-0.1, -0.05) is 17.3 Å². The molecule has 1 saturated heterocycles. The van der Waals surface area contributed by atoms with Crippen LogP contribution in [-0.4, -0.2) is 48.5 Å². The summed E-state index contributed by atoms with van der Waals surface area (Å²) in [5.41, 5.74) is 1.28. The minimum atomic E-state index is -3.47. The van der Waals surface area contributed by atoms with Gasteiger partial charge in [-0.05, 0) is 49.2 Å². The van der Waals surface area contributed by atoms with E-state index in [-0.39, 0.29) is 29.8 Å². The highest BCUT2D eigenvalue weighted by Crippen LogP contribution is 2.32. The van der Waals surface area contributed by atoms with Crippen molar-refractivity contribution in [2.45, 2.75) is 24.3 Å². The van der Waals surface area contributed by atoms with Crippen LogP contribution in [0.2, 0.25) is 0 Å². The van der Waals surface area contributed by atoms with Crippen LogP contribution in [0, 0.1) is 0 Å². The Balaban J connectivity index is 1.35. The van der Waals surface area contributed by atoms with Crippen LogP contribution in [0.25, 0.3) is 11.4 Å². The van der Waals surface area contributed by atoms with Crippen LogP contribution < -0.4 is 9.64 Å². The lowest BCUT2D eigenvalue weighted by Gasteiger charge is -2.27. The Morgan fingerprint density at radius 1 is 1.00 bits per heavy atom. The largest absolute Gasteiger partial charge is 0.482 e. The van der Waals surface area contributed by atoms with E-state index in [9.17, 15) is 13.2 Å². The van der Waals surface area contributed by atoms with Crippen molar-refractivity contribution in [1.29, 1.82) is 0 Å². The predicted molar refractivity (Wildman–Crippen MR) is 111 cm³/mol. The van der Waals surface area contributed by atoms with Crippen molar-refractivity contribution in [2.75, 3.05) is 24.6 Å². The summed E-state index contributed by atoms with van der Waals surface area (Å²) in [4.78, 5) is 18.5. The van der Waals surface area contributed by atoms with E-state index in [1.54, 1.807) is 41.3 Å². The van der Waals surface area contributed by atoms with E-state index in [1.165, 1.54) is 4.31 Å². The quantitative estimate of drug-likeness (QED) is 0.600. The lowest BCUT2D eigenvalue weighted by atomic mass is 10.2. The van der Waals surface area contributed by atoms with Gasteiger partial charge < -0.3 is 9.26 Å². The molecule has 3 aromatic rings. The van der Waals surface area contributed by atoms with Gasteiger partial charge in [-0.2, -0.15) is 9.29 Å². The number of sulfonamides is 1. The third kappa shape index (κ3) is 3.68. The number of hydrogen-bond acceptors (Lipinski definition) is 7. The third-order valence-electron chi connectivity index (χ3n) is 5.39. The molecule has 0 spiro atoms. The van der Waals surface area contributed by atoms with E-state index < -0.39 is 10.0 Å². The molecule has 0 N–H and O–H groups in total. The normalized spacial score (nSPS) is 16.9. The first-order valence-electron chi connectivity index (χ1n) is 9.98. The van der Waals surface area contributed by atoms with Crippen LogP contribution in [0.5, 0.6) is 5.75 Å². The average Bonchev–Trinajstić information content (AvgIpc) is 3.49. The van der Waals surface area contributed by atoms with Crippen molar-refractivity contribution in [3.8, 4) is 17.1 Å². The van der Waals surface area contributed by atoms with Crippen LogP contribution in [0.4, 0.5) is 5.69 Å². The number of aromatic nitrogens is 2. The highest BCUT2D eigenvalue weighted by atomic mass is 32.2. The van der Waals surface area contributed by atoms with Gasteiger partial charge in [-0.25, -0.2) is 8.42 Å². The van der Waals surface area contributed by atoms with Gasteiger partial charge in [-0.15, -0.1) is 0 Å². The standard InChI is InChI=1S/C21H20N4O5S/c26-20-14-29-18-6-2-1-5-17(18)25(20)13-19-22-21(23-30-19)15-7-9-16(10-8-15)31(27,28)24-11-3-4-12-24/h1-2,5-10H,3-4,11-14H2. The van der Waals surface area contributed by atoms with Crippen LogP contribution in [0.15, 0.2) is 57.9 Å². The molecule has 3 heterocycles. The molecule has 10 heteroatoms. The minimum Gasteiger partial charge on any atom is -0.482 e. The summed E-state index contributed by atoms with van der Waals surface area (Å²) in [5, 5.41) is 3.99. The number of fused-ring (bicyclic) bond motifs is 1. The molecule has 0 aliphatic carbocycles. The monoisotopic (exact) mass is 440 g/mol. The van der Waals surface area contributed by atoms with Crippen LogP contribution >= 0.6 is 0 Å². The average molecular weight is 440 g/mol. The van der Waals surface area contributed by atoms with Crippen molar-refractivity contribution >= 4 is 21.6 Å². The van der Waals surface area contributed by atoms with Crippen molar-refractivity contribution in [3.63, 3.8) is 0 Å². The molecule has 0 atom stereocenters. The number of para-hydroxylation sites is 2. The Morgan fingerprint density at radius 2 is 1.74 bits per heavy atom. The smallest absolute Gasteiger partial charge is 0.265 e. The Morgan fingerprint density at radius 3 is 2.52 bits per heavy atom. The molecule has 0 unspecified atom stereocenters. The highest BCUT2D eigenvalue weighted by molar-refractivity contribution is 7.89. The molecule has 2 aliphatic heterocycles. The maximum absolute atomic E-state index is 12.7.